The average molecular weight is 363 g/mol. The van der Waals surface area contributed by atoms with Crippen LogP contribution in [-0.2, 0) is 11.3 Å². The number of guanidine groups is 1. The van der Waals surface area contributed by atoms with E-state index in [-0.39, 0.29) is 0 Å². The number of carbonyl (C=O) groups is 1. The van der Waals surface area contributed by atoms with E-state index in [1.54, 1.807) is 11.8 Å². The average Bonchev–Trinajstić information content (AvgIpc) is 3.03. The van der Waals surface area contributed by atoms with Gasteiger partial charge in [-0.3, -0.25) is 9.79 Å². The van der Waals surface area contributed by atoms with E-state index < -0.39 is 0 Å². The lowest BCUT2D eigenvalue weighted by atomic mass is 10.2. The van der Waals surface area contributed by atoms with E-state index in [2.05, 4.69) is 54.7 Å². The largest absolute Gasteiger partial charge is 0.357 e. The first-order chi connectivity index (χ1) is 12.1. The van der Waals surface area contributed by atoms with Crippen LogP contribution in [-0.4, -0.2) is 61.1 Å². The molecule has 1 aliphatic rings. The third kappa shape index (κ3) is 6.27. The van der Waals surface area contributed by atoms with Gasteiger partial charge in [0.2, 0.25) is 5.91 Å². The number of thioether (sulfide) groups is 1. The summed E-state index contributed by atoms with van der Waals surface area (Å²) >= 11 is 1.76. The molecule has 0 saturated carbocycles. The van der Waals surface area contributed by atoms with Crippen LogP contribution in [0.1, 0.15) is 31.7 Å². The number of nitrogens with one attached hydrogen (secondary N) is 1. The number of rotatable bonds is 8. The van der Waals surface area contributed by atoms with Gasteiger partial charge in [0.05, 0.1) is 0 Å². The Bertz CT molecular complexity index is 573. The van der Waals surface area contributed by atoms with Crippen molar-refractivity contribution in [2.24, 2.45) is 4.99 Å². The quantitative estimate of drug-likeness (QED) is 0.334. The van der Waals surface area contributed by atoms with Crippen molar-refractivity contribution in [1.82, 2.24) is 15.1 Å². The molecule has 0 radical (unpaired) electrons. The molecule has 1 heterocycles. The first-order valence-electron chi connectivity index (χ1n) is 9.04. The second-order valence-electron chi connectivity index (χ2n) is 6.28. The molecule has 1 saturated heterocycles. The van der Waals surface area contributed by atoms with E-state index in [0.29, 0.717) is 12.3 Å². The first-order valence-corrected chi connectivity index (χ1v) is 10.3. The lowest BCUT2D eigenvalue weighted by Gasteiger charge is -2.22. The molecule has 1 aromatic rings. The number of hydrogen-bond acceptors (Lipinski definition) is 3. The number of hydrogen-bond donors (Lipinski definition) is 1. The molecular weight excluding hydrogens is 332 g/mol. The van der Waals surface area contributed by atoms with Crippen molar-refractivity contribution < 1.29 is 4.79 Å². The zero-order valence-corrected chi connectivity index (χ0v) is 16.4. The molecule has 1 aliphatic heterocycles. The molecule has 6 heteroatoms. The summed E-state index contributed by atoms with van der Waals surface area (Å²) in [6.07, 6.45) is 4.72. The predicted octanol–water partition coefficient (Wildman–Crippen LogP) is 2.82. The van der Waals surface area contributed by atoms with Crippen LogP contribution in [0.25, 0.3) is 0 Å². The van der Waals surface area contributed by atoms with Crippen LogP contribution in [0.4, 0.5) is 0 Å². The fourth-order valence-electron chi connectivity index (χ4n) is 2.94. The summed E-state index contributed by atoms with van der Waals surface area (Å²) in [5.74, 6) is 1.21. The highest BCUT2D eigenvalue weighted by Crippen LogP contribution is 2.15. The predicted molar refractivity (Wildman–Crippen MR) is 106 cm³/mol. The Labute approximate surface area is 155 Å². The van der Waals surface area contributed by atoms with E-state index >= 15 is 0 Å². The lowest BCUT2D eigenvalue weighted by Crippen LogP contribution is -2.38. The van der Waals surface area contributed by atoms with E-state index in [4.69, 9.17) is 4.99 Å². The highest BCUT2D eigenvalue weighted by molar-refractivity contribution is 7.98. The van der Waals surface area contributed by atoms with Gasteiger partial charge in [0.25, 0.3) is 0 Å². The fourth-order valence-corrected chi connectivity index (χ4v) is 3.34. The molecule has 1 amide bonds. The van der Waals surface area contributed by atoms with Crippen molar-refractivity contribution in [3.8, 4) is 0 Å². The summed E-state index contributed by atoms with van der Waals surface area (Å²) in [4.78, 5) is 21.7. The van der Waals surface area contributed by atoms with E-state index in [9.17, 15) is 4.79 Å². The van der Waals surface area contributed by atoms with Crippen molar-refractivity contribution in [2.75, 3.05) is 39.5 Å². The van der Waals surface area contributed by atoms with Crippen LogP contribution < -0.4 is 5.32 Å². The van der Waals surface area contributed by atoms with Crippen molar-refractivity contribution in [2.45, 2.75) is 37.6 Å². The molecule has 0 unspecified atom stereocenters. The highest BCUT2D eigenvalue weighted by atomic mass is 32.2. The Morgan fingerprint density at radius 2 is 2.12 bits per heavy atom. The molecule has 0 bridgehead atoms. The Hall–Kier alpha value is -1.69. The molecule has 0 spiro atoms. The summed E-state index contributed by atoms with van der Waals surface area (Å²) in [6, 6.07) is 8.66. The van der Waals surface area contributed by atoms with Gasteiger partial charge in [-0.25, -0.2) is 0 Å². The van der Waals surface area contributed by atoms with Gasteiger partial charge in [0.1, 0.15) is 0 Å². The molecule has 138 valence electrons. The van der Waals surface area contributed by atoms with Gasteiger partial charge in [0.15, 0.2) is 5.96 Å². The molecule has 0 atom stereocenters. The molecule has 2 rings (SSSR count). The van der Waals surface area contributed by atoms with Gasteiger partial charge >= 0.3 is 0 Å². The highest BCUT2D eigenvalue weighted by Gasteiger charge is 2.18. The van der Waals surface area contributed by atoms with E-state index in [1.165, 1.54) is 10.5 Å². The Kier molecular flexibility index (Phi) is 8.12. The monoisotopic (exact) mass is 362 g/mol. The minimum atomic E-state index is 0.293. The summed E-state index contributed by atoms with van der Waals surface area (Å²) in [6.45, 7) is 6.22. The molecule has 1 fully saturated rings. The van der Waals surface area contributed by atoms with Crippen LogP contribution in [0.3, 0.4) is 0 Å². The van der Waals surface area contributed by atoms with Crippen molar-refractivity contribution in [1.29, 1.82) is 0 Å². The topological polar surface area (TPSA) is 47.9 Å². The maximum Gasteiger partial charge on any atom is 0.222 e. The van der Waals surface area contributed by atoms with Crippen LogP contribution in [0, 0.1) is 0 Å². The number of aliphatic imine (C=N–C) groups is 1. The standard InChI is InChI=1S/C19H30N4OS/c1-4-20-19(21-12-6-14-23-13-5-7-18(23)24)22(2)15-16-8-10-17(25-3)11-9-16/h8-11H,4-7,12-15H2,1-3H3,(H,20,21). The number of amides is 1. The van der Waals surface area contributed by atoms with Crippen LogP contribution in [0.5, 0.6) is 0 Å². The lowest BCUT2D eigenvalue weighted by molar-refractivity contribution is -0.127. The molecule has 0 aromatic heterocycles. The molecule has 1 aromatic carbocycles. The summed E-state index contributed by atoms with van der Waals surface area (Å²) < 4.78 is 0. The van der Waals surface area contributed by atoms with Crippen molar-refractivity contribution >= 4 is 23.6 Å². The number of nitrogens with zero attached hydrogens (tertiary/aromatic N) is 3. The zero-order chi connectivity index (χ0) is 18.1. The molecule has 0 aliphatic carbocycles. The normalized spacial score (nSPS) is 14.9. The fraction of sp³-hybridized carbons (Fsp3) is 0.579. The third-order valence-electron chi connectivity index (χ3n) is 4.29. The molecule has 5 nitrogen and oxygen atoms in total. The number of carbonyl (C=O) groups excluding carboxylic acids is 1. The number of benzene rings is 1. The van der Waals surface area contributed by atoms with E-state index in [0.717, 1.165) is 51.5 Å². The Balaban J connectivity index is 1.85. The van der Waals surface area contributed by atoms with Crippen LogP contribution >= 0.6 is 11.8 Å². The van der Waals surface area contributed by atoms with Gasteiger partial charge in [-0.1, -0.05) is 12.1 Å². The zero-order valence-electron chi connectivity index (χ0n) is 15.6. The maximum absolute atomic E-state index is 11.6. The van der Waals surface area contributed by atoms with Crippen LogP contribution in [0.15, 0.2) is 34.2 Å². The summed E-state index contributed by atoms with van der Waals surface area (Å²) in [5, 5.41) is 3.35. The Morgan fingerprint density at radius 3 is 2.72 bits per heavy atom. The van der Waals surface area contributed by atoms with Gasteiger partial charge in [-0.2, -0.15) is 0 Å². The second kappa shape index (κ2) is 10.3. The summed E-state index contributed by atoms with van der Waals surface area (Å²) in [7, 11) is 2.06. The van der Waals surface area contributed by atoms with Gasteiger partial charge in [-0.05, 0) is 43.7 Å². The molecular formula is C19H30N4OS. The van der Waals surface area contributed by atoms with Gasteiger partial charge in [0, 0.05) is 51.1 Å². The van der Waals surface area contributed by atoms with Gasteiger partial charge < -0.3 is 15.1 Å². The smallest absolute Gasteiger partial charge is 0.222 e. The Morgan fingerprint density at radius 1 is 1.36 bits per heavy atom. The SMILES string of the molecule is CCNC(=NCCCN1CCCC1=O)N(C)Cc1ccc(SC)cc1. The van der Waals surface area contributed by atoms with Gasteiger partial charge in [-0.15, -0.1) is 11.8 Å². The first kappa shape index (κ1) is 19.6. The van der Waals surface area contributed by atoms with Crippen LogP contribution in [0.2, 0.25) is 0 Å². The summed E-state index contributed by atoms with van der Waals surface area (Å²) in [5.41, 5.74) is 1.27. The minimum Gasteiger partial charge on any atom is -0.357 e. The molecule has 25 heavy (non-hydrogen) atoms. The molecule has 1 N–H and O–H groups in total. The minimum absolute atomic E-state index is 0.293. The maximum atomic E-state index is 11.6. The van der Waals surface area contributed by atoms with E-state index in [1.807, 2.05) is 4.90 Å². The number of likely N-dealkylation sites (tertiary alicyclic amines) is 1. The third-order valence-corrected chi connectivity index (χ3v) is 5.04. The van der Waals surface area contributed by atoms with Crippen molar-refractivity contribution in [3.63, 3.8) is 0 Å². The van der Waals surface area contributed by atoms with Crippen molar-refractivity contribution in [3.05, 3.63) is 29.8 Å². The second-order valence-corrected chi connectivity index (χ2v) is 7.16.